The van der Waals surface area contributed by atoms with Gasteiger partial charge in [0.2, 0.25) is 5.91 Å². The Morgan fingerprint density at radius 1 is 1.26 bits per heavy atom. The minimum absolute atomic E-state index is 0.0121. The highest BCUT2D eigenvalue weighted by Crippen LogP contribution is 2.42. The molecule has 4 heteroatoms. The zero-order valence-corrected chi connectivity index (χ0v) is 12.1. The van der Waals surface area contributed by atoms with Gasteiger partial charge in [-0.1, -0.05) is 19.3 Å². The minimum Gasteiger partial charge on any atom is -0.399 e. The maximum Gasteiger partial charge on any atom is 0.240 e. The molecule has 1 aromatic carbocycles. The third-order valence-corrected chi connectivity index (χ3v) is 5.23. The molecule has 1 aliphatic carbocycles. The summed E-state index contributed by atoms with van der Waals surface area (Å²) in [6, 6.07) is 6.30. The van der Waals surface area contributed by atoms with Gasteiger partial charge in [-0.15, -0.1) is 11.8 Å². The lowest BCUT2D eigenvalue weighted by Crippen LogP contribution is -2.47. The molecule has 0 radical (unpaired) electrons. The lowest BCUT2D eigenvalue weighted by Gasteiger charge is -2.39. The van der Waals surface area contributed by atoms with Crippen LogP contribution in [-0.2, 0) is 4.79 Å². The molecule has 0 aromatic heterocycles. The van der Waals surface area contributed by atoms with Crippen molar-refractivity contribution in [3.63, 3.8) is 0 Å². The number of thioether (sulfide) groups is 1. The molecule has 1 saturated carbocycles. The van der Waals surface area contributed by atoms with E-state index in [0.29, 0.717) is 6.04 Å². The molecule has 0 spiro atoms. The fraction of sp³-hybridized carbons (Fsp3) is 0.533. The molecule has 2 aliphatic rings. The maximum absolute atomic E-state index is 12.6. The summed E-state index contributed by atoms with van der Waals surface area (Å²) in [5.41, 5.74) is 7.67. The first-order chi connectivity index (χ1) is 9.16. The number of fused-ring (bicyclic) bond motifs is 1. The second-order valence-electron chi connectivity index (χ2n) is 5.49. The number of hydrogen-bond acceptors (Lipinski definition) is 3. The van der Waals surface area contributed by atoms with Gasteiger partial charge in [-0.2, -0.15) is 0 Å². The largest absolute Gasteiger partial charge is 0.399 e. The molecule has 1 aliphatic heterocycles. The van der Waals surface area contributed by atoms with E-state index in [1.807, 2.05) is 30.0 Å². The summed E-state index contributed by atoms with van der Waals surface area (Å²) in [5, 5.41) is 0.0121. The van der Waals surface area contributed by atoms with Crippen LogP contribution in [0.25, 0.3) is 0 Å². The molecule has 3 rings (SSSR count). The van der Waals surface area contributed by atoms with Crippen LogP contribution in [-0.4, -0.2) is 17.2 Å². The molecule has 2 N–H and O–H groups in total. The number of benzene rings is 1. The van der Waals surface area contributed by atoms with Gasteiger partial charge >= 0.3 is 0 Å². The summed E-state index contributed by atoms with van der Waals surface area (Å²) in [7, 11) is 0. The molecule has 1 fully saturated rings. The SMILES string of the molecule is CC1Sc2ccc(N)cc2N(C2CCCCC2)C1=O. The summed E-state index contributed by atoms with van der Waals surface area (Å²) in [4.78, 5) is 15.8. The Bertz CT molecular complexity index is 497. The van der Waals surface area contributed by atoms with E-state index in [2.05, 4.69) is 0 Å². The van der Waals surface area contributed by atoms with Crippen molar-refractivity contribution in [1.29, 1.82) is 0 Å². The first kappa shape index (κ1) is 12.9. The number of hydrogen-bond donors (Lipinski definition) is 1. The van der Waals surface area contributed by atoms with Crippen molar-refractivity contribution < 1.29 is 4.79 Å². The summed E-state index contributed by atoms with van der Waals surface area (Å²) < 4.78 is 0. The number of rotatable bonds is 1. The highest BCUT2D eigenvalue weighted by Gasteiger charge is 2.35. The van der Waals surface area contributed by atoms with E-state index in [4.69, 9.17) is 5.73 Å². The van der Waals surface area contributed by atoms with Gasteiger partial charge in [0, 0.05) is 16.6 Å². The van der Waals surface area contributed by atoms with Gasteiger partial charge in [-0.3, -0.25) is 4.79 Å². The Kier molecular flexibility index (Phi) is 3.44. The van der Waals surface area contributed by atoms with Gasteiger partial charge in [0.15, 0.2) is 0 Å². The molecule has 0 saturated heterocycles. The number of nitrogens with zero attached hydrogens (tertiary/aromatic N) is 1. The fourth-order valence-electron chi connectivity index (χ4n) is 3.09. The smallest absolute Gasteiger partial charge is 0.240 e. The fourth-order valence-corrected chi connectivity index (χ4v) is 4.11. The highest BCUT2D eigenvalue weighted by atomic mass is 32.2. The second-order valence-corrected chi connectivity index (χ2v) is 6.87. The van der Waals surface area contributed by atoms with Gasteiger partial charge in [-0.25, -0.2) is 0 Å². The number of nitrogen functional groups attached to an aromatic ring is 1. The van der Waals surface area contributed by atoms with Crippen molar-refractivity contribution in [2.75, 3.05) is 10.6 Å². The third-order valence-electron chi connectivity index (χ3n) is 4.07. The van der Waals surface area contributed by atoms with Crippen LogP contribution < -0.4 is 10.6 Å². The Morgan fingerprint density at radius 3 is 2.74 bits per heavy atom. The van der Waals surface area contributed by atoms with Crippen LogP contribution in [0.2, 0.25) is 0 Å². The molecule has 1 amide bonds. The standard InChI is InChI=1S/C15H20N2OS/c1-10-15(18)17(12-5-3-2-4-6-12)13-9-11(16)7-8-14(13)19-10/h7-10,12H,2-6,16H2,1H3. The van der Waals surface area contributed by atoms with Crippen molar-refractivity contribution in [1.82, 2.24) is 0 Å². The number of nitrogens with two attached hydrogens (primary N) is 1. The first-order valence-electron chi connectivity index (χ1n) is 7.06. The predicted molar refractivity (Wildman–Crippen MR) is 80.5 cm³/mol. The normalized spacial score (nSPS) is 24.4. The molecule has 102 valence electrons. The van der Waals surface area contributed by atoms with E-state index in [9.17, 15) is 4.79 Å². The van der Waals surface area contributed by atoms with Crippen molar-refractivity contribution in [2.24, 2.45) is 0 Å². The highest BCUT2D eigenvalue weighted by molar-refractivity contribution is 8.01. The van der Waals surface area contributed by atoms with Crippen LogP contribution in [0.3, 0.4) is 0 Å². The summed E-state index contributed by atoms with van der Waals surface area (Å²) in [6.07, 6.45) is 6.00. The Balaban J connectivity index is 2.01. The molecular weight excluding hydrogens is 256 g/mol. The molecular formula is C15H20N2OS. The quantitative estimate of drug-likeness (QED) is 0.799. The first-order valence-corrected chi connectivity index (χ1v) is 7.94. The van der Waals surface area contributed by atoms with Crippen LogP contribution in [0.4, 0.5) is 11.4 Å². The predicted octanol–water partition coefficient (Wildman–Crippen LogP) is 3.43. The van der Waals surface area contributed by atoms with Crippen molar-refractivity contribution in [3.05, 3.63) is 18.2 Å². The maximum atomic E-state index is 12.6. The van der Waals surface area contributed by atoms with Crippen LogP contribution in [0.15, 0.2) is 23.1 Å². The van der Waals surface area contributed by atoms with E-state index >= 15 is 0 Å². The number of anilines is 2. The Hall–Kier alpha value is -1.16. The molecule has 19 heavy (non-hydrogen) atoms. The Morgan fingerprint density at radius 2 is 2.00 bits per heavy atom. The molecule has 1 unspecified atom stereocenters. The second kappa shape index (κ2) is 5.08. The third kappa shape index (κ3) is 2.34. The van der Waals surface area contributed by atoms with Gasteiger partial charge in [0.05, 0.1) is 10.9 Å². The van der Waals surface area contributed by atoms with E-state index in [0.717, 1.165) is 24.2 Å². The lowest BCUT2D eigenvalue weighted by atomic mass is 9.93. The molecule has 1 heterocycles. The monoisotopic (exact) mass is 276 g/mol. The lowest BCUT2D eigenvalue weighted by molar-refractivity contribution is -0.118. The molecule has 0 bridgehead atoms. The van der Waals surface area contributed by atoms with Gasteiger partial charge in [0.25, 0.3) is 0 Å². The topological polar surface area (TPSA) is 46.3 Å². The number of carbonyl (C=O) groups is 1. The Labute approximate surface area is 118 Å². The summed E-state index contributed by atoms with van der Waals surface area (Å²) >= 11 is 1.65. The van der Waals surface area contributed by atoms with E-state index < -0.39 is 0 Å². The van der Waals surface area contributed by atoms with Crippen molar-refractivity contribution >= 4 is 29.0 Å². The van der Waals surface area contributed by atoms with Crippen LogP contribution >= 0.6 is 11.8 Å². The van der Waals surface area contributed by atoms with Crippen LogP contribution in [0.1, 0.15) is 39.0 Å². The van der Waals surface area contributed by atoms with E-state index in [1.165, 1.54) is 24.2 Å². The molecule has 1 atom stereocenters. The summed E-state index contributed by atoms with van der Waals surface area (Å²) in [6.45, 7) is 2.00. The average Bonchev–Trinajstić information content (AvgIpc) is 2.42. The van der Waals surface area contributed by atoms with Gasteiger partial charge < -0.3 is 10.6 Å². The molecule has 1 aromatic rings. The van der Waals surface area contributed by atoms with Gasteiger partial charge in [0.1, 0.15) is 0 Å². The van der Waals surface area contributed by atoms with Crippen molar-refractivity contribution in [2.45, 2.75) is 55.2 Å². The van der Waals surface area contributed by atoms with Gasteiger partial charge in [-0.05, 0) is 38.0 Å². The average molecular weight is 276 g/mol. The van der Waals surface area contributed by atoms with Crippen molar-refractivity contribution in [3.8, 4) is 0 Å². The van der Waals surface area contributed by atoms with Crippen LogP contribution in [0.5, 0.6) is 0 Å². The zero-order chi connectivity index (χ0) is 13.4. The minimum atomic E-state index is 0.0121. The summed E-state index contributed by atoms with van der Waals surface area (Å²) in [5.74, 6) is 0.245. The van der Waals surface area contributed by atoms with E-state index in [1.54, 1.807) is 11.8 Å². The number of amides is 1. The number of carbonyl (C=O) groups excluding carboxylic acids is 1. The van der Waals surface area contributed by atoms with Crippen LogP contribution in [0, 0.1) is 0 Å². The van der Waals surface area contributed by atoms with E-state index in [-0.39, 0.29) is 11.2 Å². The molecule has 3 nitrogen and oxygen atoms in total. The zero-order valence-electron chi connectivity index (χ0n) is 11.3.